The molecule has 1 unspecified atom stereocenters. The lowest BCUT2D eigenvalue weighted by Crippen LogP contribution is -2.13. The summed E-state index contributed by atoms with van der Waals surface area (Å²) in [6.07, 6.45) is 0. The second-order valence-corrected chi connectivity index (χ2v) is 5.67. The number of aryl methyl sites for hydroxylation is 1. The molecule has 112 valence electrons. The van der Waals surface area contributed by atoms with Crippen LogP contribution in [0.3, 0.4) is 0 Å². The summed E-state index contributed by atoms with van der Waals surface area (Å²) in [5.41, 5.74) is 1.23. The minimum Gasteiger partial charge on any atom is -0.455 e. The molecule has 0 heterocycles. The molecule has 0 aliphatic rings. The lowest BCUT2D eigenvalue weighted by molar-refractivity contribution is 0.462. The van der Waals surface area contributed by atoms with Crippen LogP contribution in [-0.4, -0.2) is 7.05 Å². The van der Waals surface area contributed by atoms with E-state index in [2.05, 4.69) is 5.32 Å². The third-order valence-electron chi connectivity index (χ3n) is 3.30. The maximum Gasteiger partial charge on any atom is 0.147 e. The van der Waals surface area contributed by atoms with Gasteiger partial charge in [0, 0.05) is 22.7 Å². The van der Waals surface area contributed by atoms with E-state index in [1.54, 1.807) is 38.2 Å². The third kappa shape index (κ3) is 3.67. The number of hydrogen-bond donors (Lipinski definition) is 1. The van der Waals surface area contributed by atoms with Crippen LogP contribution in [0.5, 0.6) is 11.5 Å². The van der Waals surface area contributed by atoms with Gasteiger partial charge in [0.25, 0.3) is 0 Å². The first-order chi connectivity index (χ1) is 9.92. The van der Waals surface area contributed by atoms with Crippen molar-refractivity contribution in [1.82, 2.24) is 5.32 Å². The summed E-state index contributed by atoms with van der Waals surface area (Å²) >= 11 is 12.1. The Hall–Kier alpha value is -1.29. The smallest absolute Gasteiger partial charge is 0.147 e. The third-order valence-corrected chi connectivity index (χ3v) is 3.85. The van der Waals surface area contributed by atoms with Gasteiger partial charge in [-0.2, -0.15) is 0 Å². The lowest BCUT2D eigenvalue weighted by Gasteiger charge is -2.18. The highest BCUT2D eigenvalue weighted by Crippen LogP contribution is 2.36. The molecule has 0 aliphatic carbocycles. The zero-order valence-corrected chi connectivity index (χ0v) is 13.5. The van der Waals surface area contributed by atoms with Crippen molar-refractivity contribution in [2.75, 3.05) is 7.05 Å². The quantitative estimate of drug-likeness (QED) is 0.798. The summed E-state index contributed by atoms with van der Waals surface area (Å²) in [6.45, 7) is 3.62. The molecule has 1 atom stereocenters. The average Bonchev–Trinajstić information content (AvgIpc) is 2.45. The number of nitrogens with one attached hydrogen (secondary N) is 1. The normalized spacial score (nSPS) is 12.3. The Bertz CT molecular complexity index is 661. The highest BCUT2D eigenvalue weighted by atomic mass is 35.5. The zero-order chi connectivity index (χ0) is 15.6. The fourth-order valence-electron chi connectivity index (χ4n) is 1.93. The van der Waals surface area contributed by atoms with Crippen LogP contribution in [0.1, 0.15) is 24.1 Å². The van der Waals surface area contributed by atoms with Crippen LogP contribution in [0.2, 0.25) is 10.0 Å². The molecule has 0 bridgehead atoms. The second-order valence-electron chi connectivity index (χ2n) is 4.83. The zero-order valence-electron chi connectivity index (χ0n) is 12.0. The fourth-order valence-corrected chi connectivity index (χ4v) is 2.24. The standard InChI is InChI=1S/C16H16Cl2FNO/c1-9-6-15(12(8-14(9)19)10(2)20-3)21-16-7-11(17)4-5-13(16)18/h4-8,10,20H,1-3H3. The molecule has 0 amide bonds. The van der Waals surface area contributed by atoms with Crippen molar-refractivity contribution in [3.05, 3.63) is 57.3 Å². The van der Waals surface area contributed by atoms with Crippen molar-refractivity contribution in [3.8, 4) is 11.5 Å². The van der Waals surface area contributed by atoms with Crippen molar-refractivity contribution in [2.45, 2.75) is 19.9 Å². The van der Waals surface area contributed by atoms with Gasteiger partial charge < -0.3 is 10.1 Å². The Kier molecular flexibility index (Phi) is 5.09. The minimum absolute atomic E-state index is 0.0620. The largest absolute Gasteiger partial charge is 0.455 e. The fraction of sp³-hybridized carbons (Fsp3) is 0.250. The van der Waals surface area contributed by atoms with E-state index in [-0.39, 0.29) is 11.9 Å². The first-order valence-electron chi connectivity index (χ1n) is 6.52. The monoisotopic (exact) mass is 327 g/mol. The van der Waals surface area contributed by atoms with Gasteiger partial charge in [0.05, 0.1) is 5.02 Å². The van der Waals surface area contributed by atoms with Crippen LogP contribution in [0.15, 0.2) is 30.3 Å². The highest BCUT2D eigenvalue weighted by Gasteiger charge is 2.15. The van der Waals surface area contributed by atoms with E-state index in [0.29, 0.717) is 27.1 Å². The molecule has 0 fully saturated rings. The molecule has 0 saturated heterocycles. The predicted molar refractivity (Wildman–Crippen MR) is 85.1 cm³/mol. The van der Waals surface area contributed by atoms with Gasteiger partial charge in [-0.15, -0.1) is 0 Å². The van der Waals surface area contributed by atoms with Crippen molar-refractivity contribution in [3.63, 3.8) is 0 Å². The first-order valence-corrected chi connectivity index (χ1v) is 7.28. The van der Waals surface area contributed by atoms with E-state index in [4.69, 9.17) is 27.9 Å². The summed E-state index contributed by atoms with van der Waals surface area (Å²) in [6, 6.07) is 8.06. The summed E-state index contributed by atoms with van der Waals surface area (Å²) in [5, 5.41) is 4.05. The van der Waals surface area contributed by atoms with E-state index < -0.39 is 0 Å². The molecule has 2 aromatic rings. The number of hydrogen-bond acceptors (Lipinski definition) is 2. The Morgan fingerprint density at radius 2 is 1.86 bits per heavy atom. The number of ether oxygens (including phenoxy) is 1. The molecule has 0 aliphatic heterocycles. The van der Waals surface area contributed by atoms with Gasteiger partial charge in [0.2, 0.25) is 0 Å². The van der Waals surface area contributed by atoms with Crippen molar-refractivity contribution >= 4 is 23.2 Å². The van der Waals surface area contributed by atoms with Crippen LogP contribution in [0.4, 0.5) is 4.39 Å². The van der Waals surface area contributed by atoms with Gasteiger partial charge in [-0.25, -0.2) is 4.39 Å². The molecule has 2 nitrogen and oxygen atoms in total. The van der Waals surface area contributed by atoms with Crippen LogP contribution >= 0.6 is 23.2 Å². The van der Waals surface area contributed by atoms with Crippen LogP contribution in [0.25, 0.3) is 0 Å². The SMILES string of the molecule is CNC(C)c1cc(F)c(C)cc1Oc1cc(Cl)ccc1Cl. The van der Waals surface area contributed by atoms with Crippen LogP contribution in [-0.2, 0) is 0 Å². The van der Waals surface area contributed by atoms with Gasteiger partial charge in [-0.3, -0.25) is 0 Å². The first kappa shape index (κ1) is 16.1. The van der Waals surface area contributed by atoms with E-state index in [1.165, 1.54) is 6.07 Å². The van der Waals surface area contributed by atoms with Gasteiger partial charge in [0.1, 0.15) is 17.3 Å². The van der Waals surface area contributed by atoms with E-state index >= 15 is 0 Å². The topological polar surface area (TPSA) is 21.3 Å². The maximum absolute atomic E-state index is 13.8. The van der Waals surface area contributed by atoms with Gasteiger partial charge in [-0.05, 0) is 50.7 Å². The van der Waals surface area contributed by atoms with Crippen molar-refractivity contribution < 1.29 is 9.13 Å². The summed E-state index contributed by atoms with van der Waals surface area (Å²) in [5.74, 6) is 0.733. The molecule has 0 saturated carbocycles. The Labute approximate surface area is 133 Å². The molecule has 2 aromatic carbocycles. The molecule has 0 spiro atoms. The predicted octanol–water partition coefficient (Wildman–Crippen LogP) is 5.51. The molecular formula is C16H16Cl2FNO. The molecule has 1 N–H and O–H groups in total. The second kappa shape index (κ2) is 6.65. The minimum atomic E-state index is -0.267. The number of benzene rings is 2. The summed E-state index contributed by atoms with van der Waals surface area (Å²) < 4.78 is 19.7. The maximum atomic E-state index is 13.8. The van der Waals surface area contributed by atoms with Crippen LogP contribution < -0.4 is 10.1 Å². The highest BCUT2D eigenvalue weighted by molar-refractivity contribution is 6.34. The average molecular weight is 328 g/mol. The van der Waals surface area contributed by atoms with Gasteiger partial charge in [-0.1, -0.05) is 23.2 Å². The van der Waals surface area contributed by atoms with E-state index in [0.717, 1.165) is 5.56 Å². The van der Waals surface area contributed by atoms with E-state index in [1.807, 2.05) is 6.92 Å². The molecule has 0 radical (unpaired) electrons. The Morgan fingerprint density at radius 1 is 1.14 bits per heavy atom. The molecule has 5 heteroatoms. The number of halogens is 3. The Balaban J connectivity index is 2.47. The van der Waals surface area contributed by atoms with Crippen molar-refractivity contribution in [1.29, 1.82) is 0 Å². The van der Waals surface area contributed by atoms with Gasteiger partial charge in [0.15, 0.2) is 0 Å². The van der Waals surface area contributed by atoms with Crippen LogP contribution in [0, 0.1) is 12.7 Å². The molecular weight excluding hydrogens is 312 g/mol. The molecule has 0 aromatic heterocycles. The Morgan fingerprint density at radius 3 is 2.52 bits per heavy atom. The molecule has 2 rings (SSSR count). The van der Waals surface area contributed by atoms with Crippen molar-refractivity contribution in [2.24, 2.45) is 0 Å². The summed E-state index contributed by atoms with van der Waals surface area (Å²) in [4.78, 5) is 0. The molecule has 21 heavy (non-hydrogen) atoms. The lowest BCUT2D eigenvalue weighted by atomic mass is 10.0. The van der Waals surface area contributed by atoms with E-state index in [9.17, 15) is 4.39 Å². The summed E-state index contributed by atoms with van der Waals surface area (Å²) in [7, 11) is 1.80. The van der Waals surface area contributed by atoms with Gasteiger partial charge >= 0.3 is 0 Å². The number of rotatable bonds is 4.